The highest BCUT2D eigenvalue weighted by molar-refractivity contribution is 5.54. The second kappa shape index (κ2) is 3.42. The Morgan fingerprint density at radius 2 is 2.29 bits per heavy atom. The molecule has 0 saturated carbocycles. The van der Waals surface area contributed by atoms with E-state index in [2.05, 4.69) is 24.2 Å². The molecule has 0 aromatic carbocycles. The predicted octanol–water partition coefficient (Wildman–Crippen LogP) is 1.53. The van der Waals surface area contributed by atoms with Gasteiger partial charge in [-0.1, -0.05) is 6.07 Å². The van der Waals surface area contributed by atoms with E-state index in [-0.39, 0.29) is 6.04 Å². The zero-order valence-electron chi connectivity index (χ0n) is 8.57. The van der Waals surface area contributed by atoms with Gasteiger partial charge in [0.25, 0.3) is 0 Å². The minimum atomic E-state index is 0.185. The van der Waals surface area contributed by atoms with Gasteiger partial charge < -0.3 is 5.73 Å². The standard InChI is InChI=1S/C11H15N3/c1-8-3-4-11-10(5-9(2)12)6-13-14(11)7-8/h3-4,6-7,9H,5,12H2,1-2H3. The molecule has 0 saturated heterocycles. The summed E-state index contributed by atoms with van der Waals surface area (Å²) in [5.74, 6) is 0. The lowest BCUT2D eigenvalue weighted by molar-refractivity contribution is 0.741. The summed E-state index contributed by atoms with van der Waals surface area (Å²) in [6, 6.07) is 4.38. The van der Waals surface area contributed by atoms with Gasteiger partial charge in [-0.15, -0.1) is 0 Å². The first kappa shape index (κ1) is 9.21. The molecule has 0 spiro atoms. The van der Waals surface area contributed by atoms with Gasteiger partial charge in [0.1, 0.15) is 0 Å². The van der Waals surface area contributed by atoms with Crippen molar-refractivity contribution < 1.29 is 0 Å². The molecular formula is C11H15N3. The van der Waals surface area contributed by atoms with Gasteiger partial charge in [0.15, 0.2) is 0 Å². The van der Waals surface area contributed by atoms with Crippen LogP contribution in [0.3, 0.4) is 0 Å². The molecule has 2 aromatic heterocycles. The highest BCUT2D eigenvalue weighted by Crippen LogP contribution is 2.12. The number of hydrogen-bond acceptors (Lipinski definition) is 2. The van der Waals surface area contributed by atoms with E-state index in [0.29, 0.717) is 0 Å². The number of pyridine rings is 1. The van der Waals surface area contributed by atoms with Crippen molar-refractivity contribution in [3.63, 3.8) is 0 Å². The Hall–Kier alpha value is -1.35. The lowest BCUT2D eigenvalue weighted by Gasteiger charge is -2.02. The number of rotatable bonds is 2. The van der Waals surface area contributed by atoms with E-state index in [1.165, 1.54) is 11.1 Å². The van der Waals surface area contributed by atoms with Gasteiger partial charge in [-0.3, -0.25) is 0 Å². The van der Waals surface area contributed by atoms with Crippen molar-refractivity contribution >= 4 is 5.52 Å². The summed E-state index contributed by atoms with van der Waals surface area (Å²) in [5, 5.41) is 4.29. The number of nitrogens with two attached hydrogens (primary N) is 1. The lowest BCUT2D eigenvalue weighted by Crippen LogP contribution is -2.17. The van der Waals surface area contributed by atoms with Crippen molar-refractivity contribution in [2.45, 2.75) is 26.3 Å². The topological polar surface area (TPSA) is 43.3 Å². The summed E-state index contributed by atoms with van der Waals surface area (Å²) in [4.78, 5) is 0. The largest absolute Gasteiger partial charge is 0.328 e. The Bertz CT molecular complexity index is 443. The maximum atomic E-state index is 5.77. The first-order chi connectivity index (χ1) is 6.66. The smallest absolute Gasteiger partial charge is 0.0694 e. The van der Waals surface area contributed by atoms with Crippen LogP contribution in [0, 0.1) is 6.92 Å². The van der Waals surface area contributed by atoms with E-state index in [4.69, 9.17) is 5.73 Å². The molecule has 0 radical (unpaired) electrons. The van der Waals surface area contributed by atoms with Gasteiger partial charge in [-0.2, -0.15) is 5.10 Å². The first-order valence-electron chi connectivity index (χ1n) is 4.85. The first-order valence-corrected chi connectivity index (χ1v) is 4.85. The molecule has 74 valence electrons. The Morgan fingerprint density at radius 3 is 3.00 bits per heavy atom. The van der Waals surface area contributed by atoms with Gasteiger partial charge in [0.05, 0.1) is 11.7 Å². The van der Waals surface area contributed by atoms with Crippen molar-refractivity contribution in [2.75, 3.05) is 0 Å². The monoisotopic (exact) mass is 189 g/mol. The highest BCUT2D eigenvalue weighted by Gasteiger charge is 2.05. The molecular weight excluding hydrogens is 174 g/mol. The molecule has 1 atom stereocenters. The summed E-state index contributed by atoms with van der Waals surface area (Å²) in [5.41, 5.74) is 9.37. The second-order valence-electron chi connectivity index (χ2n) is 3.89. The minimum absolute atomic E-state index is 0.185. The molecule has 2 rings (SSSR count). The highest BCUT2D eigenvalue weighted by atomic mass is 15.2. The summed E-state index contributed by atoms with van der Waals surface area (Å²) in [6.07, 6.45) is 4.81. The SMILES string of the molecule is Cc1ccc2c(CC(C)N)cnn2c1. The molecule has 3 nitrogen and oxygen atoms in total. The van der Waals surface area contributed by atoms with E-state index in [0.717, 1.165) is 11.9 Å². The molecule has 3 heteroatoms. The van der Waals surface area contributed by atoms with Gasteiger partial charge in [0, 0.05) is 12.2 Å². The van der Waals surface area contributed by atoms with Crippen molar-refractivity contribution in [3.8, 4) is 0 Å². The van der Waals surface area contributed by atoms with Crippen molar-refractivity contribution in [1.82, 2.24) is 9.61 Å². The third-order valence-electron chi connectivity index (χ3n) is 2.29. The van der Waals surface area contributed by atoms with Crippen LogP contribution in [-0.2, 0) is 6.42 Å². The maximum absolute atomic E-state index is 5.77. The van der Waals surface area contributed by atoms with E-state index >= 15 is 0 Å². The van der Waals surface area contributed by atoms with Crippen molar-refractivity contribution in [1.29, 1.82) is 0 Å². The fraction of sp³-hybridized carbons (Fsp3) is 0.364. The molecule has 0 aliphatic carbocycles. The molecule has 2 N–H and O–H groups in total. The summed E-state index contributed by atoms with van der Waals surface area (Å²) in [6.45, 7) is 4.07. The number of aromatic nitrogens is 2. The molecule has 0 amide bonds. The van der Waals surface area contributed by atoms with Crippen LogP contribution in [0.25, 0.3) is 5.52 Å². The summed E-state index contributed by atoms with van der Waals surface area (Å²) < 4.78 is 1.91. The minimum Gasteiger partial charge on any atom is -0.328 e. The number of aryl methyl sites for hydroxylation is 1. The molecule has 14 heavy (non-hydrogen) atoms. The van der Waals surface area contributed by atoms with E-state index in [9.17, 15) is 0 Å². The quantitative estimate of drug-likeness (QED) is 0.778. The lowest BCUT2D eigenvalue weighted by atomic mass is 10.1. The Labute approximate surface area is 83.5 Å². The third-order valence-corrected chi connectivity index (χ3v) is 2.29. The molecule has 2 heterocycles. The zero-order valence-corrected chi connectivity index (χ0v) is 8.57. The van der Waals surface area contributed by atoms with Crippen molar-refractivity contribution in [3.05, 3.63) is 35.7 Å². The second-order valence-corrected chi connectivity index (χ2v) is 3.89. The van der Waals surface area contributed by atoms with Crippen LogP contribution in [0.5, 0.6) is 0 Å². The van der Waals surface area contributed by atoms with Crippen molar-refractivity contribution in [2.24, 2.45) is 5.73 Å². The van der Waals surface area contributed by atoms with Crippen LogP contribution in [0.15, 0.2) is 24.5 Å². The average molecular weight is 189 g/mol. The van der Waals surface area contributed by atoms with Crippen LogP contribution < -0.4 is 5.73 Å². The molecule has 1 unspecified atom stereocenters. The summed E-state index contributed by atoms with van der Waals surface area (Å²) >= 11 is 0. The van der Waals surface area contributed by atoms with Gasteiger partial charge >= 0.3 is 0 Å². The fourth-order valence-electron chi connectivity index (χ4n) is 1.64. The maximum Gasteiger partial charge on any atom is 0.0694 e. The number of nitrogens with zero attached hydrogens (tertiary/aromatic N) is 2. The Morgan fingerprint density at radius 1 is 1.50 bits per heavy atom. The molecule has 0 bridgehead atoms. The molecule has 0 fully saturated rings. The van der Waals surface area contributed by atoms with Crippen LogP contribution in [0.2, 0.25) is 0 Å². The predicted molar refractivity (Wildman–Crippen MR) is 57.3 cm³/mol. The van der Waals surface area contributed by atoms with Crippen LogP contribution in [-0.4, -0.2) is 15.7 Å². The fourth-order valence-corrected chi connectivity index (χ4v) is 1.64. The van der Waals surface area contributed by atoms with E-state index in [1.807, 2.05) is 23.8 Å². The Kier molecular flexibility index (Phi) is 2.25. The van der Waals surface area contributed by atoms with Crippen LogP contribution in [0.4, 0.5) is 0 Å². The van der Waals surface area contributed by atoms with Gasteiger partial charge in [-0.25, -0.2) is 4.52 Å². The summed E-state index contributed by atoms with van der Waals surface area (Å²) in [7, 11) is 0. The van der Waals surface area contributed by atoms with Gasteiger partial charge in [-0.05, 0) is 37.5 Å². The Balaban J connectivity index is 2.47. The van der Waals surface area contributed by atoms with Gasteiger partial charge in [0.2, 0.25) is 0 Å². The molecule has 0 aliphatic rings. The normalized spacial score (nSPS) is 13.4. The average Bonchev–Trinajstić information content (AvgIpc) is 2.47. The van der Waals surface area contributed by atoms with Crippen LogP contribution in [0.1, 0.15) is 18.1 Å². The molecule has 2 aromatic rings. The third kappa shape index (κ3) is 1.63. The van der Waals surface area contributed by atoms with E-state index in [1.54, 1.807) is 0 Å². The van der Waals surface area contributed by atoms with E-state index < -0.39 is 0 Å². The zero-order chi connectivity index (χ0) is 10.1. The molecule has 0 aliphatic heterocycles. The number of fused-ring (bicyclic) bond motifs is 1. The van der Waals surface area contributed by atoms with Crippen LogP contribution >= 0.6 is 0 Å². The number of hydrogen-bond donors (Lipinski definition) is 1.